The van der Waals surface area contributed by atoms with Gasteiger partial charge in [0.2, 0.25) is 0 Å². The van der Waals surface area contributed by atoms with E-state index < -0.39 is 0 Å². The highest BCUT2D eigenvalue weighted by Gasteiger charge is 2.22. The van der Waals surface area contributed by atoms with Crippen molar-refractivity contribution in [3.05, 3.63) is 34.6 Å². The number of morpholine rings is 1. The van der Waals surface area contributed by atoms with Crippen molar-refractivity contribution in [2.45, 2.75) is 26.8 Å². The van der Waals surface area contributed by atoms with Crippen molar-refractivity contribution in [3.63, 3.8) is 0 Å². The van der Waals surface area contributed by atoms with Crippen LogP contribution in [-0.4, -0.2) is 29.9 Å². The van der Waals surface area contributed by atoms with Crippen LogP contribution >= 0.6 is 0 Å². The summed E-state index contributed by atoms with van der Waals surface area (Å²) in [5, 5.41) is 7.42. The minimum Gasteiger partial charge on any atom is -0.378 e. The molecule has 0 spiro atoms. The molecule has 1 aliphatic heterocycles. The molecule has 20 heavy (non-hydrogen) atoms. The quantitative estimate of drug-likeness (QED) is 0.910. The fourth-order valence-corrected chi connectivity index (χ4v) is 2.73. The average molecular weight is 273 g/mol. The third-order valence-electron chi connectivity index (χ3n) is 3.57. The van der Waals surface area contributed by atoms with E-state index in [9.17, 15) is 0 Å². The molecule has 5 nitrogen and oxygen atoms in total. The van der Waals surface area contributed by atoms with Crippen molar-refractivity contribution in [1.82, 2.24) is 15.5 Å². The number of hydrogen-bond acceptors (Lipinski definition) is 5. The second kappa shape index (κ2) is 5.34. The predicted octanol–water partition coefficient (Wildman–Crippen LogP) is 2.32. The normalized spacial score (nSPS) is 19.2. The number of aryl methyl sites for hydroxylation is 3. The number of aromatic nitrogens is 2. The first-order valence-electron chi connectivity index (χ1n) is 6.88. The third kappa shape index (κ3) is 2.46. The second-order valence-corrected chi connectivity index (χ2v) is 5.31. The van der Waals surface area contributed by atoms with E-state index in [1.807, 2.05) is 0 Å². The van der Waals surface area contributed by atoms with Crippen LogP contribution in [0.25, 0.3) is 11.5 Å². The Labute approximate surface area is 118 Å². The van der Waals surface area contributed by atoms with Crippen LogP contribution in [0.3, 0.4) is 0 Å². The monoisotopic (exact) mass is 273 g/mol. The van der Waals surface area contributed by atoms with Gasteiger partial charge >= 0.3 is 0 Å². The number of nitrogens with zero attached hydrogens (tertiary/aromatic N) is 2. The molecule has 0 bridgehead atoms. The summed E-state index contributed by atoms with van der Waals surface area (Å²) < 4.78 is 10.9. The van der Waals surface area contributed by atoms with Crippen LogP contribution in [0.1, 0.15) is 28.6 Å². The fraction of sp³-hybridized carbons (Fsp3) is 0.467. The highest BCUT2D eigenvalue weighted by atomic mass is 16.5. The first-order chi connectivity index (χ1) is 9.65. The average Bonchev–Trinajstić information content (AvgIpc) is 2.88. The van der Waals surface area contributed by atoms with Crippen LogP contribution in [-0.2, 0) is 4.74 Å². The lowest BCUT2D eigenvalue weighted by atomic mass is 10.00. The molecule has 1 unspecified atom stereocenters. The standard InChI is InChI=1S/C15H19N3O2/c1-9-6-10(2)13(11(3)7-9)15-17-14(18-20-15)12-8-19-5-4-16-12/h6-7,12,16H,4-5,8H2,1-3H3. The molecule has 0 aliphatic carbocycles. The summed E-state index contributed by atoms with van der Waals surface area (Å²) in [4.78, 5) is 4.54. The Morgan fingerprint density at radius 1 is 1.20 bits per heavy atom. The molecule has 0 amide bonds. The van der Waals surface area contributed by atoms with E-state index in [0.29, 0.717) is 18.3 Å². The Morgan fingerprint density at radius 2 is 1.95 bits per heavy atom. The highest BCUT2D eigenvalue weighted by molar-refractivity contribution is 5.63. The van der Waals surface area contributed by atoms with Gasteiger partial charge < -0.3 is 14.6 Å². The van der Waals surface area contributed by atoms with Gasteiger partial charge in [-0.05, 0) is 31.9 Å². The van der Waals surface area contributed by atoms with Crippen molar-refractivity contribution in [2.24, 2.45) is 0 Å². The maximum Gasteiger partial charge on any atom is 0.258 e. The van der Waals surface area contributed by atoms with Gasteiger partial charge in [0.05, 0.1) is 19.3 Å². The van der Waals surface area contributed by atoms with Crippen molar-refractivity contribution < 1.29 is 9.26 Å². The Hall–Kier alpha value is -1.72. The maximum absolute atomic E-state index is 5.45. The van der Waals surface area contributed by atoms with Gasteiger partial charge in [-0.25, -0.2) is 0 Å². The van der Waals surface area contributed by atoms with E-state index in [1.54, 1.807) is 0 Å². The summed E-state index contributed by atoms with van der Waals surface area (Å²) in [7, 11) is 0. The summed E-state index contributed by atoms with van der Waals surface area (Å²) in [6.45, 7) is 8.37. The van der Waals surface area contributed by atoms with Crippen molar-refractivity contribution >= 4 is 0 Å². The van der Waals surface area contributed by atoms with Gasteiger partial charge in [-0.1, -0.05) is 22.9 Å². The zero-order valence-corrected chi connectivity index (χ0v) is 12.1. The zero-order valence-electron chi connectivity index (χ0n) is 12.1. The van der Waals surface area contributed by atoms with E-state index in [-0.39, 0.29) is 6.04 Å². The molecule has 3 rings (SSSR count). The predicted molar refractivity (Wildman–Crippen MR) is 75.5 cm³/mol. The molecule has 2 heterocycles. The van der Waals surface area contributed by atoms with E-state index in [1.165, 1.54) is 5.56 Å². The van der Waals surface area contributed by atoms with E-state index in [4.69, 9.17) is 9.26 Å². The van der Waals surface area contributed by atoms with Crippen LogP contribution < -0.4 is 5.32 Å². The molecule has 2 aromatic rings. The molecule has 0 saturated carbocycles. The minimum absolute atomic E-state index is 0.0207. The Bertz CT molecular complexity index is 592. The van der Waals surface area contributed by atoms with E-state index in [2.05, 4.69) is 48.4 Å². The molecule has 1 atom stereocenters. The Morgan fingerprint density at radius 3 is 2.60 bits per heavy atom. The van der Waals surface area contributed by atoms with Gasteiger partial charge in [0.15, 0.2) is 5.82 Å². The molecule has 1 aliphatic rings. The lowest BCUT2D eigenvalue weighted by Crippen LogP contribution is -2.35. The molecule has 1 aromatic carbocycles. The lowest BCUT2D eigenvalue weighted by Gasteiger charge is -2.20. The fourth-order valence-electron chi connectivity index (χ4n) is 2.73. The molecule has 106 valence electrons. The molecular weight excluding hydrogens is 254 g/mol. The minimum atomic E-state index is 0.0207. The zero-order chi connectivity index (χ0) is 14.1. The van der Waals surface area contributed by atoms with Crippen LogP contribution in [0.2, 0.25) is 0 Å². The van der Waals surface area contributed by atoms with Gasteiger partial charge in [0, 0.05) is 12.1 Å². The maximum atomic E-state index is 5.45. The number of rotatable bonds is 2. The molecule has 1 aromatic heterocycles. The van der Waals surface area contributed by atoms with Crippen LogP contribution in [0.4, 0.5) is 0 Å². The molecule has 1 fully saturated rings. The van der Waals surface area contributed by atoms with Crippen LogP contribution in [0.5, 0.6) is 0 Å². The largest absolute Gasteiger partial charge is 0.378 e. The summed E-state index contributed by atoms with van der Waals surface area (Å²) >= 11 is 0. The van der Waals surface area contributed by atoms with Gasteiger partial charge in [-0.3, -0.25) is 0 Å². The third-order valence-corrected chi connectivity index (χ3v) is 3.57. The van der Waals surface area contributed by atoms with Crippen molar-refractivity contribution in [1.29, 1.82) is 0 Å². The highest BCUT2D eigenvalue weighted by Crippen LogP contribution is 2.28. The van der Waals surface area contributed by atoms with Gasteiger partial charge in [-0.2, -0.15) is 4.98 Å². The van der Waals surface area contributed by atoms with Gasteiger partial charge in [0.1, 0.15) is 0 Å². The van der Waals surface area contributed by atoms with Crippen LogP contribution in [0.15, 0.2) is 16.7 Å². The topological polar surface area (TPSA) is 60.2 Å². The number of nitrogens with one attached hydrogen (secondary N) is 1. The first-order valence-corrected chi connectivity index (χ1v) is 6.88. The number of benzene rings is 1. The van der Waals surface area contributed by atoms with Crippen molar-refractivity contribution in [3.8, 4) is 11.5 Å². The summed E-state index contributed by atoms with van der Waals surface area (Å²) in [6.07, 6.45) is 0. The SMILES string of the molecule is Cc1cc(C)c(-c2nc(C3COCCN3)no2)c(C)c1. The Kier molecular flexibility index (Phi) is 3.54. The molecule has 1 N–H and O–H groups in total. The summed E-state index contributed by atoms with van der Waals surface area (Å²) in [5.74, 6) is 1.25. The van der Waals surface area contributed by atoms with E-state index in [0.717, 1.165) is 29.8 Å². The smallest absolute Gasteiger partial charge is 0.258 e. The second-order valence-electron chi connectivity index (χ2n) is 5.31. The molecule has 1 saturated heterocycles. The molecular formula is C15H19N3O2. The molecule has 0 radical (unpaired) electrons. The lowest BCUT2D eigenvalue weighted by molar-refractivity contribution is 0.0734. The molecule has 5 heteroatoms. The van der Waals surface area contributed by atoms with Gasteiger partial charge in [-0.15, -0.1) is 0 Å². The van der Waals surface area contributed by atoms with Gasteiger partial charge in [0.25, 0.3) is 5.89 Å². The Balaban J connectivity index is 1.94. The van der Waals surface area contributed by atoms with Crippen LogP contribution in [0, 0.1) is 20.8 Å². The first kappa shape index (κ1) is 13.3. The number of ether oxygens (including phenoxy) is 1. The number of hydrogen-bond donors (Lipinski definition) is 1. The summed E-state index contributed by atoms with van der Waals surface area (Å²) in [6, 6.07) is 4.29. The van der Waals surface area contributed by atoms with Crippen molar-refractivity contribution in [2.75, 3.05) is 19.8 Å². The summed E-state index contributed by atoms with van der Waals surface area (Å²) in [5.41, 5.74) is 4.59. The van der Waals surface area contributed by atoms with E-state index >= 15 is 0 Å².